The summed E-state index contributed by atoms with van der Waals surface area (Å²) in [5, 5.41) is 0. The molecule has 0 radical (unpaired) electrons. The first-order valence-corrected chi connectivity index (χ1v) is 8.22. The van der Waals surface area contributed by atoms with Crippen LogP contribution in [0.25, 0.3) is 0 Å². The molecule has 0 aliphatic carbocycles. The van der Waals surface area contributed by atoms with Crippen molar-refractivity contribution in [2.75, 3.05) is 13.1 Å². The highest BCUT2D eigenvalue weighted by Gasteiger charge is 2.35. The summed E-state index contributed by atoms with van der Waals surface area (Å²) in [5.74, 6) is 2.35. The summed E-state index contributed by atoms with van der Waals surface area (Å²) < 4.78 is 0. The van der Waals surface area contributed by atoms with Gasteiger partial charge >= 0.3 is 0 Å². The van der Waals surface area contributed by atoms with Crippen LogP contribution < -0.4 is 0 Å². The number of hydrogen-bond acceptors (Lipinski definition) is 2. The predicted octanol–water partition coefficient (Wildman–Crippen LogP) is 4.26. The summed E-state index contributed by atoms with van der Waals surface area (Å²) in [6.07, 6.45) is 3.04. The minimum Gasteiger partial charge on any atom is -0.300 e. The molecule has 1 aliphatic rings. The lowest BCUT2D eigenvalue weighted by molar-refractivity contribution is 0.253. The molecule has 114 valence electrons. The van der Waals surface area contributed by atoms with Gasteiger partial charge in [0.1, 0.15) is 0 Å². The normalized spacial score (nSPS) is 23.0. The molecule has 0 saturated carbocycles. The Kier molecular flexibility index (Phi) is 7.22. The first-order valence-electron chi connectivity index (χ1n) is 8.22. The lowest BCUT2D eigenvalue weighted by atomic mass is 9.83. The molecule has 1 saturated heterocycles. The van der Waals surface area contributed by atoms with E-state index in [9.17, 15) is 0 Å². The maximum absolute atomic E-state index is 4.49. The van der Waals surface area contributed by atoms with E-state index < -0.39 is 0 Å². The number of rotatable bonds is 4. The lowest BCUT2D eigenvalue weighted by Gasteiger charge is -2.22. The maximum atomic E-state index is 4.49. The van der Waals surface area contributed by atoms with E-state index in [1.165, 1.54) is 18.8 Å². The van der Waals surface area contributed by atoms with Gasteiger partial charge in [-0.2, -0.15) is 0 Å². The van der Waals surface area contributed by atoms with E-state index in [0.717, 1.165) is 24.2 Å². The average Bonchev–Trinajstić information content (AvgIpc) is 2.86. The van der Waals surface area contributed by atoms with Gasteiger partial charge in [0.15, 0.2) is 0 Å². The molecule has 0 spiro atoms. The van der Waals surface area contributed by atoms with Crippen LogP contribution in [0.15, 0.2) is 24.4 Å². The van der Waals surface area contributed by atoms with Gasteiger partial charge in [-0.25, -0.2) is 0 Å². The van der Waals surface area contributed by atoms with Gasteiger partial charge in [-0.1, -0.05) is 33.8 Å². The zero-order chi connectivity index (χ0) is 15.1. The first-order chi connectivity index (χ1) is 9.58. The van der Waals surface area contributed by atoms with Crippen LogP contribution in [-0.2, 0) is 6.42 Å². The fourth-order valence-electron chi connectivity index (χ4n) is 3.11. The number of pyridine rings is 1. The Morgan fingerprint density at radius 2 is 1.85 bits per heavy atom. The second-order valence-electron chi connectivity index (χ2n) is 6.24. The van der Waals surface area contributed by atoms with E-state index >= 15 is 0 Å². The number of likely N-dealkylation sites (tertiary alicyclic amines) is 1. The minimum absolute atomic E-state index is 0.667. The molecule has 20 heavy (non-hydrogen) atoms. The monoisotopic (exact) mass is 276 g/mol. The van der Waals surface area contributed by atoms with Gasteiger partial charge in [-0.3, -0.25) is 4.98 Å². The largest absolute Gasteiger partial charge is 0.300 e. The molecule has 2 rings (SSSR count). The molecule has 0 N–H and O–H groups in total. The van der Waals surface area contributed by atoms with E-state index in [2.05, 4.69) is 49.7 Å². The SMILES string of the molecule is CC.CC(C)C1CN(C(C)C)CC1Cc1ccccn1. The second kappa shape index (κ2) is 8.41. The summed E-state index contributed by atoms with van der Waals surface area (Å²) in [5.41, 5.74) is 1.25. The Morgan fingerprint density at radius 3 is 2.35 bits per heavy atom. The standard InChI is InChI=1S/C16H26N2.C2H6/c1-12(2)16-11-18(13(3)4)10-14(16)9-15-7-5-6-8-17-15;1-2/h5-8,12-14,16H,9-11H2,1-4H3;1-2H3. The molecule has 0 bridgehead atoms. The molecule has 1 aliphatic heterocycles. The van der Waals surface area contributed by atoms with E-state index in [-0.39, 0.29) is 0 Å². The summed E-state index contributed by atoms with van der Waals surface area (Å²) in [4.78, 5) is 7.11. The van der Waals surface area contributed by atoms with Crippen molar-refractivity contribution < 1.29 is 0 Å². The molecule has 2 nitrogen and oxygen atoms in total. The van der Waals surface area contributed by atoms with Gasteiger partial charge in [0, 0.05) is 31.0 Å². The van der Waals surface area contributed by atoms with Gasteiger partial charge < -0.3 is 4.90 Å². The van der Waals surface area contributed by atoms with Gasteiger partial charge in [0.2, 0.25) is 0 Å². The van der Waals surface area contributed by atoms with Gasteiger partial charge in [-0.05, 0) is 50.2 Å². The zero-order valence-electron chi connectivity index (χ0n) is 14.1. The van der Waals surface area contributed by atoms with Crippen LogP contribution in [0.1, 0.15) is 47.2 Å². The van der Waals surface area contributed by atoms with Crippen molar-refractivity contribution >= 4 is 0 Å². The minimum atomic E-state index is 0.667. The molecule has 1 aromatic heterocycles. The molecule has 0 amide bonds. The van der Waals surface area contributed by atoms with Gasteiger partial charge in [0.25, 0.3) is 0 Å². The second-order valence-corrected chi connectivity index (χ2v) is 6.24. The quantitative estimate of drug-likeness (QED) is 0.816. The van der Waals surface area contributed by atoms with E-state index in [4.69, 9.17) is 0 Å². The highest BCUT2D eigenvalue weighted by atomic mass is 15.2. The van der Waals surface area contributed by atoms with Crippen molar-refractivity contribution in [1.29, 1.82) is 0 Å². The van der Waals surface area contributed by atoms with Crippen molar-refractivity contribution in [2.24, 2.45) is 17.8 Å². The summed E-state index contributed by atoms with van der Waals surface area (Å²) in [7, 11) is 0. The van der Waals surface area contributed by atoms with E-state index in [1.807, 2.05) is 26.1 Å². The van der Waals surface area contributed by atoms with Crippen molar-refractivity contribution in [1.82, 2.24) is 9.88 Å². The van der Waals surface area contributed by atoms with Crippen LogP contribution in [0, 0.1) is 17.8 Å². The molecule has 2 heteroatoms. The highest BCUT2D eigenvalue weighted by molar-refractivity contribution is 5.06. The molecule has 1 fully saturated rings. The molecule has 1 aromatic rings. The van der Waals surface area contributed by atoms with Crippen molar-refractivity contribution in [3.63, 3.8) is 0 Å². The molecular formula is C18H32N2. The number of nitrogens with zero attached hydrogens (tertiary/aromatic N) is 2. The Morgan fingerprint density at radius 1 is 1.15 bits per heavy atom. The Bertz CT molecular complexity index is 359. The van der Waals surface area contributed by atoms with Crippen LogP contribution >= 0.6 is 0 Å². The highest BCUT2D eigenvalue weighted by Crippen LogP contribution is 2.32. The van der Waals surface area contributed by atoms with E-state index in [1.54, 1.807) is 0 Å². The van der Waals surface area contributed by atoms with Crippen molar-refractivity contribution in [3.05, 3.63) is 30.1 Å². The van der Waals surface area contributed by atoms with Crippen LogP contribution in [0.2, 0.25) is 0 Å². The van der Waals surface area contributed by atoms with Crippen LogP contribution in [0.5, 0.6) is 0 Å². The topological polar surface area (TPSA) is 16.1 Å². The summed E-state index contributed by atoms with van der Waals surface area (Å²) >= 11 is 0. The third-order valence-electron chi connectivity index (χ3n) is 4.30. The summed E-state index contributed by atoms with van der Waals surface area (Å²) in [6, 6.07) is 6.93. The lowest BCUT2D eigenvalue weighted by Crippen LogP contribution is -2.29. The van der Waals surface area contributed by atoms with Gasteiger partial charge in [0.05, 0.1) is 0 Å². The molecule has 2 heterocycles. The predicted molar refractivity (Wildman–Crippen MR) is 87.8 cm³/mol. The number of aromatic nitrogens is 1. The Labute approximate surface area is 125 Å². The number of hydrogen-bond donors (Lipinski definition) is 0. The first kappa shape index (κ1) is 17.2. The zero-order valence-corrected chi connectivity index (χ0v) is 14.1. The molecule has 2 unspecified atom stereocenters. The van der Waals surface area contributed by atoms with Crippen molar-refractivity contribution in [2.45, 2.75) is 54.0 Å². The van der Waals surface area contributed by atoms with Gasteiger partial charge in [-0.15, -0.1) is 0 Å². The van der Waals surface area contributed by atoms with E-state index in [0.29, 0.717) is 6.04 Å². The molecular weight excluding hydrogens is 244 g/mol. The van der Waals surface area contributed by atoms with Crippen molar-refractivity contribution in [3.8, 4) is 0 Å². The molecule has 2 atom stereocenters. The fraction of sp³-hybridized carbons (Fsp3) is 0.722. The molecule has 0 aromatic carbocycles. The third-order valence-corrected chi connectivity index (χ3v) is 4.30. The Hall–Kier alpha value is -0.890. The third kappa shape index (κ3) is 4.59. The fourth-order valence-corrected chi connectivity index (χ4v) is 3.11. The van der Waals surface area contributed by atoms with Crippen LogP contribution in [0.3, 0.4) is 0 Å². The smallest absolute Gasteiger partial charge is 0.0406 e. The maximum Gasteiger partial charge on any atom is 0.0406 e. The summed E-state index contributed by atoms with van der Waals surface area (Å²) in [6.45, 7) is 15.8. The van der Waals surface area contributed by atoms with Crippen LogP contribution in [0.4, 0.5) is 0 Å². The Balaban J connectivity index is 0.000000956. The van der Waals surface area contributed by atoms with Crippen LogP contribution in [-0.4, -0.2) is 29.0 Å². The average molecular weight is 276 g/mol.